The van der Waals surface area contributed by atoms with Gasteiger partial charge >= 0.3 is 0 Å². The van der Waals surface area contributed by atoms with Crippen LogP contribution in [0.3, 0.4) is 0 Å². The first-order valence-corrected chi connectivity index (χ1v) is 5.92. The SMILES string of the molecule is CCNCC(C)(O)c1ccc2ncccc2c1. The van der Waals surface area contributed by atoms with E-state index in [9.17, 15) is 5.11 Å². The van der Waals surface area contributed by atoms with Gasteiger partial charge in [-0.05, 0) is 37.2 Å². The highest BCUT2D eigenvalue weighted by Gasteiger charge is 2.22. The molecule has 2 aromatic rings. The lowest BCUT2D eigenvalue weighted by atomic mass is 9.94. The van der Waals surface area contributed by atoms with Gasteiger partial charge in [-0.3, -0.25) is 4.98 Å². The Morgan fingerprint density at radius 2 is 2.18 bits per heavy atom. The highest BCUT2D eigenvalue weighted by Crippen LogP contribution is 2.23. The molecule has 0 spiro atoms. The summed E-state index contributed by atoms with van der Waals surface area (Å²) in [5.74, 6) is 0. The minimum atomic E-state index is -0.847. The molecule has 0 radical (unpaired) electrons. The van der Waals surface area contributed by atoms with Crippen LogP contribution >= 0.6 is 0 Å². The van der Waals surface area contributed by atoms with Crippen molar-refractivity contribution < 1.29 is 5.11 Å². The summed E-state index contributed by atoms with van der Waals surface area (Å²) >= 11 is 0. The quantitative estimate of drug-likeness (QED) is 0.845. The monoisotopic (exact) mass is 230 g/mol. The number of aliphatic hydroxyl groups is 1. The molecule has 0 aliphatic carbocycles. The molecule has 2 rings (SSSR count). The van der Waals surface area contributed by atoms with Gasteiger partial charge in [0.15, 0.2) is 0 Å². The third kappa shape index (κ3) is 2.62. The number of likely N-dealkylation sites (N-methyl/N-ethyl adjacent to an activating group) is 1. The number of pyridine rings is 1. The second-order valence-corrected chi connectivity index (χ2v) is 4.47. The first-order valence-electron chi connectivity index (χ1n) is 5.92. The molecule has 0 saturated carbocycles. The molecule has 0 bridgehead atoms. The third-order valence-electron chi connectivity index (χ3n) is 2.94. The van der Waals surface area contributed by atoms with Gasteiger partial charge in [-0.25, -0.2) is 0 Å². The molecule has 17 heavy (non-hydrogen) atoms. The summed E-state index contributed by atoms with van der Waals surface area (Å²) in [5, 5.41) is 14.6. The highest BCUT2D eigenvalue weighted by molar-refractivity contribution is 5.79. The van der Waals surface area contributed by atoms with E-state index in [1.54, 1.807) is 6.20 Å². The molecular weight excluding hydrogens is 212 g/mol. The zero-order valence-corrected chi connectivity index (χ0v) is 10.3. The van der Waals surface area contributed by atoms with Crippen molar-refractivity contribution in [2.75, 3.05) is 13.1 Å². The molecule has 1 aromatic carbocycles. The van der Waals surface area contributed by atoms with E-state index in [0.29, 0.717) is 6.54 Å². The van der Waals surface area contributed by atoms with Crippen molar-refractivity contribution in [3.8, 4) is 0 Å². The number of hydrogen-bond donors (Lipinski definition) is 2. The van der Waals surface area contributed by atoms with E-state index in [0.717, 1.165) is 23.0 Å². The molecule has 1 aromatic heterocycles. The average Bonchev–Trinajstić information content (AvgIpc) is 2.36. The molecule has 1 unspecified atom stereocenters. The average molecular weight is 230 g/mol. The maximum absolute atomic E-state index is 10.4. The van der Waals surface area contributed by atoms with Gasteiger partial charge < -0.3 is 10.4 Å². The summed E-state index contributed by atoms with van der Waals surface area (Å²) in [5.41, 5.74) is 1.02. The van der Waals surface area contributed by atoms with Crippen LogP contribution < -0.4 is 5.32 Å². The summed E-state index contributed by atoms with van der Waals surface area (Å²) in [6, 6.07) is 9.80. The first kappa shape index (κ1) is 12.0. The fourth-order valence-corrected chi connectivity index (χ4v) is 1.88. The smallest absolute Gasteiger partial charge is 0.0992 e. The van der Waals surface area contributed by atoms with E-state index in [1.165, 1.54) is 0 Å². The van der Waals surface area contributed by atoms with Crippen molar-refractivity contribution in [2.24, 2.45) is 0 Å². The summed E-state index contributed by atoms with van der Waals surface area (Å²) in [4.78, 5) is 4.27. The van der Waals surface area contributed by atoms with Crippen molar-refractivity contribution in [3.63, 3.8) is 0 Å². The molecule has 2 N–H and O–H groups in total. The topological polar surface area (TPSA) is 45.1 Å². The van der Waals surface area contributed by atoms with Crippen molar-refractivity contribution in [1.82, 2.24) is 10.3 Å². The summed E-state index contributed by atoms with van der Waals surface area (Å²) in [6.45, 7) is 5.26. The Hall–Kier alpha value is -1.45. The summed E-state index contributed by atoms with van der Waals surface area (Å²) < 4.78 is 0. The molecule has 3 heteroatoms. The lowest BCUT2D eigenvalue weighted by Gasteiger charge is -2.24. The zero-order chi connectivity index (χ0) is 12.3. The van der Waals surface area contributed by atoms with E-state index in [1.807, 2.05) is 44.2 Å². The Morgan fingerprint density at radius 1 is 1.35 bits per heavy atom. The Balaban J connectivity index is 2.35. The molecule has 90 valence electrons. The van der Waals surface area contributed by atoms with Gasteiger partial charge in [-0.2, -0.15) is 0 Å². The van der Waals surface area contributed by atoms with Crippen LogP contribution in [0.25, 0.3) is 10.9 Å². The predicted molar refractivity (Wildman–Crippen MR) is 69.9 cm³/mol. The zero-order valence-electron chi connectivity index (χ0n) is 10.3. The van der Waals surface area contributed by atoms with Crippen molar-refractivity contribution in [2.45, 2.75) is 19.4 Å². The fraction of sp³-hybridized carbons (Fsp3) is 0.357. The lowest BCUT2D eigenvalue weighted by Crippen LogP contribution is -2.35. The van der Waals surface area contributed by atoms with Crippen LogP contribution in [0.4, 0.5) is 0 Å². The Labute approximate surface area is 102 Å². The lowest BCUT2D eigenvalue weighted by molar-refractivity contribution is 0.0577. The Kier molecular flexibility index (Phi) is 3.41. The molecular formula is C14H18N2O. The van der Waals surface area contributed by atoms with Gasteiger partial charge in [0.1, 0.15) is 0 Å². The molecule has 0 fully saturated rings. The molecule has 0 aliphatic heterocycles. The number of benzene rings is 1. The van der Waals surface area contributed by atoms with E-state index in [4.69, 9.17) is 0 Å². The van der Waals surface area contributed by atoms with E-state index >= 15 is 0 Å². The van der Waals surface area contributed by atoms with Crippen LogP contribution in [0.15, 0.2) is 36.5 Å². The van der Waals surface area contributed by atoms with Crippen LogP contribution in [0.5, 0.6) is 0 Å². The number of rotatable bonds is 4. The van der Waals surface area contributed by atoms with Gasteiger partial charge in [0, 0.05) is 18.1 Å². The first-order chi connectivity index (χ1) is 8.13. The Morgan fingerprint density at radius 3 is 2.94 bits per heavy atom. The van der Waals surface area contributed by atoms with Gasteiger partial charge in [-0.15, -0.1) is 0 Å². The van der Waals surface area contributed by atoms with Crippen molar-refractivity contribution >= 4 is 10.9 Å². The van der Waals surface area contributed by atoms with Gasteiger partial charge in [0.05, 0.1) is 11.1 Å². The number of hydrogen-bond acceptors (Lipinski definition) is 3. The minimum Gasteiger partial charge on any atom is -0.384 e. The van der Waals surface area contributed by atoms with Crippen LogP contribution in [-0.2, 0) is 5.60 Å². The highest BCUT2D eigenvalue weighted by atomic mass is 16.3. The normalized spacial score (nSPS) is 14.8. The molecule has 1 heterocycles. The summed E-state index contributed by atoms with van der Waals surface area (Å²) in [7, 11) is 0. The third-order valence-corrected chi connectivity index (χ3v) is 2.94. The second kappa shape index (κ2) is 4.82. The van der Waals surface area contributed by atoms with Crippen molar-refractivity contribution in [1.29, 1.82) is 0 Å². The van der Waals surface area contributed by atoms with Gasteiger partial charge in [0.25, 0.3) is 0 Å². The minimum absolute atomic E-state index is 0.551. The molecule has 3 nitrogen and oxygen atoms in total. The Bertz CT molecular complexity index is 508. The maximum Gasteiger partial charge on any atom is 0.0992 e. The van der Waals surface area contributed by atoms with Gasteiger partial charge in [-0.1, -0.05) is 19.1 Å². The number of aromatic nitrogens is 1. The van der Waals surface area contributed by atoms with Crippen molar-refractivity contribution in [3.05, 3.63) is 42.1 Å². The number of fused-ring (bicyclic) bond motifs is 1. The standard InChI is InChI=1S/C14H18N2O/c1-3-15-10-14(2,17)12-6-7-13-11(9-12)5-4-8-16-13/h4-9,15,17H,3,10H2,1-2H3. The van der Waals surface area contributed by atoms with E-state index in [2.05, 4.69) is 10.3 Å². The van der Waals surface area contributed by atoms with E-state index in [-0.39, 0.29) is 0 Å². The second-order valence-electron chi connectivity index (χ2n) is 4.47. The van der Waals surface area contributed by atoms with Crippen LogP contribution in [0, 0.1) is 0 Å². The van der Waals surface area contributed by atoms with Gasteiger partial charge in [0.2, 0.25) is 0 Å². The summed E-state index contributed by atoms with van der Waals surface area (Å²) in [6.07, 6.45) is 1.78. The maximum atomic E-state index is 10.4. The molecule has 0 aliphatic rings. The largest absolute Gasteiger partial charge is 0.384 e. The predicted octanol–water partition coefficient (Wildman–Crippen LogP) is 2.05. The number of nitrogens with zero attached hydrogens (tertiary/aromatic N) is 1. The van der Waals surface area contributed by atoms with Crippen LogP contribution in [0.1, 0.15) is 19.4 Å². The number of nitrogens with one attached hydrogen (secondary N) is 1. The molecule has 0 amide bonds. The fourth-order valence-electron chi connectivity index (χ4n) is 1.88. The van der Waals surface area contributed by atoms with Crippen LogP contribution in [-0.4, -0.2) is 23.2 Å². The van der Waals surface area contributed by atoms with Crippen LogP contribution in [0.2, 0.25) is 0 Å². The van der Waals surface area contributed by atoms with E-state index < -0.39 is 5.60 Å². The molecule has 0 saturated heterocycles. The molecule has 1 atom stereocenters.